The van der Waals surface area contributed by atoms with E-state index in [1.165, 1.54) is 11.2 Å². The molecule has 0 saturated heterocycles. The predicted octanol–water partition coefficient (Wildman–Crippen LogP) is 1.96. The van der Waals surface area contributed by atoms with Crippen molar-refractivity contribution in [2.75, 3.05) is 23.7 Å². The van der Waals surface area contributed by atoms with Crippen molar-refractivity contribution in [3.8, 4) is 0 Å². The maximum absolute atomic E-state index is 11.9. The molecular formula is C16H24N2O4S. The molecule has 7 heteroatoms. The average Bonchev–Trinajstić information content (AvgIpc) is 2.48. The van der Waals surface area contributed by atoms with Gasteiger partial charge in [0.1, 0.15) is 0 Å². The molecule has 0 radical (unpaired) electrons. The van der Waals surface area contributed by atoms with Crippen molar-refractivity contribution in [2.45, 2.75) is 33.1 Å². The number of unbranched alkanes of at least 4 members (excludes halogenated alkanes) is 1. The van der Waals surface area contributed by atoms with Gasteiger partial charge >= 0.3 is 0 Å². The number of rotatable bonds is 9. The Kier molecular flexibility index (Phi) is 7.22. The smallest absolute Gasteiger partial charge is 0.232 e. The van der Waals surface area contributed by atoms with Crippen LogP contribution in [0.3, 0.4) is 0 Å². The lowest BCUT2D eigenvalue weighted by molar-refractivity contribution is -0.121. The lowest BCUT2D eigenvalue weighted by Gasteiger charge is -2.22. The maximum Gasteiger partial charge on any atom is 0.232 e. The Morgan fingerprint density at radius 3 is 2.26 bits per heavy atom. The molecular weight excluding hydrogens is 316 g/mol. The second kappa shape index (κ2) is 8.67. The summed E-state index contributed by atoms with van der Waals surface area (Å²) in [5.74, 6) is -0.155. The molecule has 0 unspecified atom stereocenters. The van der Waals surface area contributed by atoms with Gasteiger partial charge in [0, 0.05) is 18.5 Å². The van der Waals surface area contributed by atoms with Gasteiger partial charge in [-0.2, -0.15) is 0 Å². The van der Waals surface area contributed by atoms with E-state index >= 15 is 0 Å². The zero-order chi connectivity index (χ0) is 17.5. The van der Waals surface area contributed by atoms with Crippen molar-refractivity contribution in [2.24, 2.45) is 0 Å². The minimum Gasteiger partial charge on any atom is -0.354 e. The Morgan fingerprint density at radius 2 is 1.78 bits per heavy atom. The third-order valence-electron chi connectivity index (χ3n) is 3.36. The molecule has 0 atom stereocenters. The van der Waals surface area contributed by atoms with Crippen LogP contribution in [-0.4, -0.2) is 39.5 Å². The first-order chi connectivity index (χ1) is 10.8. The molecule has 128 valence electrons. The fourth-order valence-corrected chi connectivity index (χ4v) is 3.00. The SMILES string of the molecule is CCCCC(=O)NCCN(c1ccc(C(C)=O)cc1)S(C)(=O)=O. The summed E-state index contributed by atoms with van der Waals surface area (Å²) in [6.07, 6.45) is 3.31. The predicted molar refractivity (Wildman–Crippen MR) is 91.2 cm³/mol. The molecule has 1 aromatic carbocycles. The first kappa shape index (κ1) is 19.2. The lowest BCUT2D eigenvalue weighted by atomic mass is 10.1. The molecule has 0 saturated carbocycles. The molecule has 0 aliphatic rings. The van der Waals surface area contributed by atoms with Gasteiger partial charge in [-0.25, -0.2) is 8.42 Å². The largest absolute Gasteiger partial charge is 0.354 e. The number of nitrogens with one attached hydrogen (secondary N) is 1. The van der Waals surface area contributed by atoms with E-state index in [2.05, 4.69) is 5.32 Å². The van der Waals surface area contributed by atoms with Crippen LogP contribution in [0.5, 0.6) is 0 Å². The molecule has 0 aliphatic carbocycles. The van der Waals surface area contributed by atoms with Crippen molar-refractivity contribution in [3.05, 3.63) is 29.8 Å². The summed E-state index contributed by atoms with van der Waals surface area (Å²) in [6.45, 7) is 3.85. The second-order valence-corrected chi connectivity index (χ2v) is 7.30. The quantitative estimate of drug-likeness (QED) is 0.697. The van der Waals surface area contributed by atoms with E-state index in [1.807, 2.05) is 6.92 Å². The summed E-state index contributed by atoms with van der Waals surface area (Å²) in [6, 6.07) is 6.37. The van der Waals surface area contributed by atoms with E-state index in [-0.39, 0.29) is 24.8 Å². The monoisotopic (exact) mass is 340 g/mol. The van der Waals surface area contributed by atoms with Crippen molar-refractivity contribution in [1.82, 2.24) is 5.32 Å². The van der Waals surface area contributed by atoms with Crippen LogP contribution in [0.4, 0.5) is 5.69 Å². The van der Waals surface area contributed by atoms with Crippen LogP contribution in [-0.2, 0) is 14.8 Å². The molecule has 0 aromatic heterocycles. The first-order valence-corrected chi connectivity index (χ1v) is 9.46. The number of benzene rings is 1. The fourth-order valence-electron chi connectivity index (χ4n) is 2.07. The lowest BCUT2D eigenvalue weighted by Crippen LogP contribution is -2.38. The fraction of sp³-hybridized carbons (Fsp3) is 0.500. The van der Waals surface area contributed by atoms with E-state index in [9.17, 15) is 18.0 Å². The highest BCUT2D eigenvalue weighted by atomic mass is 32.2. The molecule has 0 spiro atoms. The van der Waals surface area contributed by atoms with Gasteiger partial charge in [-0.3, -0.25) is 13.9 Å². The number of Topliss-reactive ketones (excluding diaryl/α,β-unsaturated/α-hetero) is 1. The van der Waals surface area contributed by atoms with Gasteiger partial charge in [0.25, 0.3) is 0 Å². The van der Waals surface area contributed by atoms with Crippen molar-refractivity contribution < 1.29 is 18.0 Å². The van der Waals surface area contributed by atoms with Crippen LogP contribution in [0.25, 0.3) is 0 Å². The molecule has 0 bridgehead atoms. The van der Waals surface area contributed by atoms with Gasteiger partial charge in [0.05, 0.1) is 18.5 Å². The van der Waals surface area contributed by atoms with Crippen molar-refractivity contribution in [1.29, 1.82) is 0 Å². The van der Waals surface area contributed by atoms with Crippen LogP contribution in [0.1, 0.15) is 43.5 Å². The number of amides is 1. The molecule has 1 N–H and O–H groups in total. The van der Waals surface area contributed by atoms with Crippen LogP contribution in [0.2, 0.25) is 0 Å². The van der Waals surface area contributed by atoms with Crippen LogP contribution in [0.15, 0.2) is 24.3 Å². The Morgan fingerprint density at radius 1 is 1.17 bits per heavy atom. The number of nitrogens with zero attached hydrogens (tertiary/aromatic N) is 1. The van der Waals surface area contributed by atoms with Gasteiger partial charge in [-0.05, 0) is 37.6 Å². The topological polar surface area (TPSA) is 83.6 Å². The molecule has 0 aliphatic heterocycles. The van der Waals surface area contributed by atoms with Crippen LogP contribution in [0, 0.1) is 0 Å². The van der Waals surface area contributed by atoms with Gasteiger partial charge in [0.2, 0.25) is 15.9 Å². The van der Waals surface area contributed by atoms with E-state index in [4.69, 9.17) is 0 Å². The minimum atomic E-state index is -3.47. The highest BCUT2D eigenvalue weighted by Crippen LogP contribution is 2.18. The maximum atomic E-state index is 11.9. The standard InChI is InChI=1S/C16H24N2O4S/c1-4-5-6-16(20)17-11-12-18(23(3,21)22)15-9-7-14(8-10-15)13(2)19/h7-10H,4-6,11-12H2,1-3H3,(H,17,20). The number of carbonyl (C=O) groups is 2. The zero-order valence-electron chi connectivity index (χ0n) is 13.8. The Hall–Kier alpha value is -1.89. The third-order valence-corrected chi connectivity index (χ3v) is 4.55. The zero-order valence-corrected chi connectivity index (χ0v) is 14.6. The first-order valence-electron chi connectivity index (χ1n) is 7.61. The van der Waals surface area contributed by atoms with E-state index in [0.29, 0.717) is 17.7 Å². The van der Waals surface area contributed by atoms with Gasteiger partial charge in [0.15, 0.2) is 5.78 Å². The van der Waals surface area contributed by atoms with Crippen molar-refractivity contribution >= 4 is 27.4 Å². The van der Waals surface area contributed by atoms with E-state index in [0.717, 1.165) is 19.1 Å². The summed E-state index contributed by atoms with van der Waals surface area (Å²) < 4.78 is 25.1. The number of hydrogen-bond acceptors (Lipinski definition) is 4. The molecule has 6 nitrogen and oxygen atoms in total. The Labute approximate surface area is 137 Å². The molecule has 1 aromatic rings. The number of ketones is 1. The number of anilines is 1. The van der Waals surface area contributed by atoms with Gasteiger partial charge in [-0.15, -0.1) is 0 Å². The van der Waals surface area contributed by atoms with E-state index < -0.39 is 10.0 Å². The summed E-state index contributed by atoms with van der Waals surface area (Å²) in [7, 11) is -3.47. The normalized spacial score (nSPS) is 11.1. The van der Waals surface area contributed by atoms with Gasteiger partial charge < -0.3 is 5.32 Å². The molecule has 1 rings (SSSR count). The molecule has 1 amide bonds. The van der Waals surface area contributed by atoms with Gasteiger partial charge in [-0.1, -0.05) is 13.3 Å². The number of sulfonamides is 1. The third kappa shape index (κ3) is 6.40. The number of hydrogen-bond donors (Lipinski definition) is 1. The average molecular weight is 340 g/mol. The summed E-state index contributed by atoms with van der Waals surface area (Å²) in [5, 5.41) is 2.72. The summed E-state index contributed by atoms with van der Waals surface area (Å²) in [4.78, 5) is 22.9. The van der Waals surface area contributed by atoms with Crippen LogP contribution >= 0.6 is 0 Å². The molecule has 0 heterocycles. The minimum absolute atomic E-state index is 0.0766. The number of carbonyl (C=O) groups excluding carboxylic acids is 2. The van der Waals surface area contributed by atoms with Crippen molar-refractivity contribution in [3.63, 3.8) is 0 Å². The molecule has 0 fully saturated rings. The van der Waals surface area contributed by atoms with Crippen LogP contribution < -0.4 is 9.62 Å². The van der Waals surface area contributed by atoms with E-state index in [1.54, 1.807) is 24.3 Å². The highest BCUT2D eigenvalue weighted by molar-refractivity contribution is 7.92. The Balaban J connectivity index is 2.74. The summed E-state index contributed by atoms with van der Waals surface area (Å²) in [5.41, 5.74) is 0.996. The Bertz CT molecular complexity index is 639. The molecule has 23 heavy (non-hydrogen) atoms. The second-order valence-electron chi connectivity index (χ2n) is 5.39. The summed E-state index contributed by atoms with van der Waals surface area (Å²) >= 11 is 0. The highest BCUT2D eigenvalue weighted by Gasteiger charge is 2.17.